The molecule has 2 saturated heterocycles. The molecule has 7 rings (SSSR count). The molecule has 0 saturated carbocycles. The van der Waals surface area contributed by atoms with Gasteiger partial charge in [0, 0.05) is 61.5 Å². The Balaban J connectivity index is 0.944. The number of phenols is 1. The zero-order chi connectivity index (χ0) is 43.6. The van der Waals surface area contributed by atoms with Crippen LogP contribution < -0.4 is 21.3 Å². The lowest BCUT2D eigenvalue weighted by Gasteiger charge is -2.38. The number of nitrogens with zero attached hydrogens (tertiary/aromatic N) is 6. The number of aliphatic hydroxyl groups excluding tert-OH is 1. The van der Waals surface area contributed by atoms with E-state index in [-0.39, 0.29) is 54.5 Å². The molecular formula is C45H52FN9O5S. The van der Waals surface area contributed by atoms with Crippen LogP contribution in [0.5, 0.6) is 5.75 Å². The number of aliphatic hydroxyl groups is 1. The van der Waals surface area contributed by atoms with E-state index in [2.05, 4.69) is 25.8 Å². The number of anilines is 2. The van der Waals surface area contributed by atoms with Crippen LogP contribution in [0.15, 0.2) is 78.3 Å². The molecule has 16 heteroatoms. The van der Waals surface area contributed by atoms with Crippen LogP contribution in [0.2, 0.25) is 0 Å². The van der Waals surface area contributed by atoms with Crippen LogP contribution in [0.25, 0.3) is 32.8 Å². The molecular weight excluding hydrogens is 798 g/mol. The van der Waals surface area contributed by atoms with Gasteiger partial charge in [0.1, 0.15) is 23.7 Å². The lowest BCUT2D eigenvalue weighted by molar-refractivity contribution is -0.144. The van der Waals surface area contributed by atoms with Crippen molar-refractivity contribution in [1.29, 1.82) is 0 Å². The second kappa shape index (κ2) is 17.9. The topological polar surface area (TPSA) is 190 Å². The van der Waals surface area contributed by atoms with Gasteiger partial charge in [-0.3, -0.25) is 19.3 Å². The van der Waals surface area contributed by atoms with Crippen LogP contribution in [0.4, 0.5) is 15.9 Å². The van der Waals surface area contributed by atoms with E-state index in [9.17, 15) is 24.6 Å². The Morgan fingerprint density at radius 3 is 2.33 bits per heavy atom. The quantitative estimate of drug-likeness (QED) is 0.118. The van der Waals surface area contributed by atoms with Gasteiger partial charge in [-0.15, -0.1) is 21.5 Å². The van der Waals surface area contributed by atoms with Gasteiger partial charge in [-0.25, -0.2) is 9.37 Å². The molecule has 4 atom stereocenters. The lowest BCUT2D eigenvalue weighted by Crippen LogP contribution is -2.59. The first-order chi connectivity index (χ1) is 29.1. The number of amides is 3. The van der Waals surface area contributed by atoms with Crippen molar-refractivity contribution in [3.05, 3.63) is 95.4 Å². The number of nitrogen functional groups attached to an aromatic ring is 1. The molecule has 14 nitrogen and oxygen atoms in total. The van der Waals surface area contributed by atoms with Crippen molar-refractivity contribution in [2.45, 2.75) is 65.3 Å². The summed E-state index contributed by atoms with van der Waals surface area (Å²) in [6.45, 7) is 11.5. The molecule has 5 aromatic rings. The van der Waals surface area contributed by atoms with E-state index in [0.29, 0.717) is 48.7 Å². The summed E-state index contributed by atoms with van der Waals surface area (Å²) in [4.78, 5) is 52.3. The molecule has 0 radical (unpaired) electrons. The number of aryl methyl sites for hydroxylation is 1. The molecule has 2 aromatic heterocycles. The minimum absolute atomic E-state index is 0.0206. The van der Waals surface area contributed by atoms with Gasteiger partial charge in [0.2, 0.25) is 17.7 Å². The summed E-state index contributed by atoms with van der Waals surface area (Å²) in [7, 11) is 0. The second-order valence-corrected chi connectivity index (χ2v) is 17.7. The summed E-state index contributed by atoms with van der Waals surface area (Å²) in [6, 6.07) is 18.9. The molecule has 2 fully saturated rings. The van der Waals surface area contributed by atoms with E-state index in [4.69, 9.17) is 5.73 Å². The van der Waals surface area contributed by atoms with E-state index >= 15 is 4.39 Å². The van der Waals surface area contributed by atoms with Gasteiger partial charge in [-0.2, -0.15) is 0 Å². The highest BCUT2D eigenvalue weighted by Gasteiger charge is 2.45. The molecule has 61 heavy (non-hydrogen) atoms. The molecule has 0 bridgehead atoms. The minimum Gasteiger partial charge on any atom is -0.507 e. The van der Waals surface area contributed by atoms with E-state index < -0.39 is 35.3 Å². The van der Waals surface area contributed by atoms with E-state index in [1.54, 1.807) is 41.7 Å². The van der Waals surface area contributed by atoms with Gasteiger partial charge in [0.25, 0.3) is 0 Å². The van der Waals surface area contributed by atoms with Gasteiger partial charge in [-0.1, -0.05) is 57.2 Å². The van der Waals surface area contributed by atoms with Crippen molar-refractivity contribution in [2.75, 3.05) is 49.9 Å². The van der Waals surface area contributed by atoms with Crippen LogP contribution in [-0.4, -0.2) is 110 Å². The Hall–Kier alpha value is -5.97. The normalized spacial score (nSPS) is 18.1. The number of carbonyl (C=O) groups is 3. The number of carbonyl (C=O) groups excluding carboxylic acids is 3. The first kappa shape index (κ1) is 43.1. The summed E-state index contributed by atoms with van der Waals surface area (Å²) < 4.78 is 15.7. The fraction of sp³-hybridized carbons (Fsp3) is 0.378. The number of benzene rings is 3. The minimum atomic E-state index is -0.956. The number of hydrogen-bond acceptors (Lipinski definition) is 12. The number of β-amino-alcohol motifs (C(OH)–C–C–N with tert-alkyl or cyclic N) is 1. The predicted octanol–water partition coefficient (Wildman–Crippen LogP) is 5.16. The van der Waals surface area contributed by atoms with Crippen LogP contribution in [0.1, 0.15) is 51.4 Å². The van der Waals surface area contributed by atoms with E-state index in [0.717, 1.165) is 21.7 Å². The largest absolute Gasteiger partial charge is 0.507 e. The maximum absolute atomic E-state index is 15.7. The van der Waals surface area contributed by atoms with Crippen LogP contribution in [0.3, 0.4) is 0 Å². The molecule has 3 aromatic carbocycles. The summed E-state index contributed by atoms with van der Waals surface area (Å²) in [6.07, 6.45) is -0.798. The number of piperazine rings is 1. The summed E-state index contributed by atoms with van der Waals surface area (Å²) in [5, 5.41) is 35.1. The number of nitrogens with one attached hydrogen (secondary N) is 2. The maximum Gasteiger partial charge on any atom is 0.246 e. The molecule has 0 unspecified atom stereocenters. The smallest absolute Gasteiger partial charge is 0.246 e. The average molecular weight is 850 g/mol. The standard InChI is InChI=1S/C45H52FN9O5S/c1-26(28-10-12-29(13-11-28)40-27(2)48-25-61-40)49-43(59)37-21-31(56)23-55(37)44(60)41(45(3,4)5)50-39(58)24-53-16-18-54(19-17-53)30-14-15-32(35(46)20-30)34-22-36(51-52-42(34)47)33-8-6-7-9-38(33)57/h6-15,20,22,25-26,31,37,41,56-57H,16-19,21,23-24H2,1-5H3,(H2,47,52)(H,49,59)(H,50,58)/t26-,31+,37-,41+/m0/s1. The summed E-state index contributed by atoms with van der Waals surface area (Å²) in [5.74, 6) is -1.55. The van der Waals surface area contributed by atoms with Gasteiger partial charge in [0.15, 0.2) is 5.82 Å². The third-order valence-electron chi connectivity index (χ3n) is 11.4. The van der Waals surface area contributed by atoms with Gasteiger partial charge in [-0.05, 0) is 66.8 Å². The van der Waals surface area contributed by atoms with Crippen molar-refractivity contribution in [1.82, 2.24) is 35.6 Å². The van der Waals surface area contributed by atoms with Gasteiger partial charge in [0.05, 0.1) is 40.5 Å². The van der Waals surface area contributed by atoms with Crippen molar-refractivity contribution in [2.24, 2.45) is 5.41 Å². The molecule has 6 N–H and O–H groups in total. The molecule has 320 valence electrons. The maximum atomic E-state index is 15.7. The van der Waals surface area contributed by atoms with Crippen molar-refractivity contribution < 1.29 is 29.0 Å². The molecule has 0 aliphatic carbocycles. The third-order valence-corrected chi connectivity index (χ3v) is 12.4. The summed E-state index contributed by atoms with van der Waals surface area (Å²) in [5.41, 5.74) is 12.2. The monoisotopic (exact) mass is 849 g/mol. The highest BCUT2D eigenvalue weighted by atomic mass is 32.1. The Labute approximate surface area is 358 Å². The summed E-state index contributed by atoms with van der Waals surface area (Å²) >= 11 is 1.57. The number of hydrogen-bond donors (Lipinski definition) is 5. The third kappa shape index (κ3) is 9.66. The van der Waals surface area contributed by atoms with Crippen molar-refractivity contribution in [3.63, 3.8) is 0 Å². The number of thiazole rings is 1. The van der Waals surface area contributed by atoms with Gasteiger partial charge >= 0.3 is 0 Å². The van der Waals surface area contributed by atoms with Crippen molar-refractivity contribution >= 4 is 40.6 Å². The van der Waals surface area contributed by atoms with Crippen LogP contribution >= 0.6 is 11.3 Å². The highest BCUT2D eigenvalue weighted by molar-refractivity contribution is 7.13. The Bertz CT molecular complexity index is 2400. The number of likely N-dealkylation sites (tertiary alicyclic amines) is 1. The number of halogens is 1. The predicted molar refractivity (Wildman–Crippen MR) is 234 cm³/mol. The van der Waals surface area contributed by atoms with Crippen LogP contribution in [0, 0.1) is 18.2 Å². The molecule has 2 aliphatic rings. The first-order valence-corrected chi connectivity index (χ1v) is 21.2. The first-order valence-electron chi connectivity index (χ1n) is 20.3. The lowest BCUT2D eigenvalue weighted by atomic mass is 9.85. The Morgan fingerprint density at radius 2 is 1.67 bits per heavy atom. The number of rotatable bonds is 11. The number of phenolic OH excluding ortho intramolecular Hbond substituents is 1. The SMILES string of the molecule is Cc1ncsc1-c1ccc([C@H](C)NC(=O)[C@@H]2C[C@@H](O)CN2C(=O)[C@@H](NC(=O)CN2CCN(c3ccc(-c4cc(-c5ccccc5O)nnc4N)c(F)c3)CC2)C(C)(C)C)cc1. The number of para-hydroxylation sites is 1. The van der Waals surface area contributed by atoms with E-state index in [1.165, 1.54) is 17.0 Å². The Morgan fingerprint density at radius 1 is 0.951 bits per heavy atom. The van der Waals surface area contributed by atoms with Crippen LogP contribution in [-0.2, 0) is 14.4 Å². The zero-order valence-corrected chi connectivity index (χ0v) is 35.7. The number of aromatic hydroxyl groups is 1. The fourth-order valence-corrected chi connectivity index (χ4v) is 8.76. The highest BCUT2D eigenvalue weighted by Crippen LogP contribution is 2.35. The Kier molecular flexibility index (Phi) is 12.7. The average Bonchev–Trinajstić information content (AvgIpc) is 3.85. The van der Waals surface area contributed by atoms with Gasteiger partial charge < -0.3 is 36.4 Å². The fourth-order valence-electron chi connectivity index (χ4n) is 7.95. The molecule has 3 amide bonds. The van der Waals surface area contributed by atoms with Crippen molar-refractivity contribution in [3.8, 4) is 38.6 Å². The molecule has 4 heterocycles. The molecule has 2 aliphatic heterocycles. The molecule has 0 spiro atoms. The second-order valence-electron chi connectivity index (χ2n) is 16.9. The zero-order valence-electron chi connectivity index (χ0n) is 34.9. The number of nitrogens with two attached hydrogens (primary N) is 1. The van der Waals surface area contributed by atoms with E-state index in [1.807, 2.05) is 80.3 Å². The number of aromatic nitrogens is 3.